The van der Waals surface area contributed by atoms with Gasteiger partial charge in [0.1, 0.15) is 6.04 Å². The predicted molar refractivity (Wildman–Crippen MR) is 79.7 cm³/mol. The van der Waals surface area contributed by atoms with Crippen LogP contribution < -0.4 is 0 Å². The van der Waals surface area contributed by atoms with Crippen LogP contribution in [0.25, 0.3) is 0 Å². The number of piperidine rings is 1. The van der Waals surface area contributed by atoms with Gasteiger partial charge in [0.05, 0.1) is 6.54 Å². The van der Waals surface area contributed by atoms with E-state index in [-0.39, 0.29) is 18.6 Å². The summed E-state index contributed by atoms with van der Waals surface area (Å²) in [6.07, 6.45) is 11.0. The molecule has 1 heterocycles. The molecule has 116 valence electrons. The van der Waals surface area contributed by atoms with E-state index in [0.717, 1.165) is 25.7 Å². The molecule has 2 rings (SSSR count). The van der Waals surface area contributed by atoms with E-state index in [9.17, 15) is 14.7 Å². The van der Waals surface area contributed by atoms with Gasteiger partial charge in [-0.25, -0.2) is 9.59 Å². The zero-order valence-electron chi connectivity index (χ0n) is 12.6. The fourth-order valence-corrected chi connectivity index (χ4v) is 3.74. The highest BCUT2D eigenvalue weighted by Gasteiger charge is 2.44. The number of carbonyl (C=O) groups is 2. The van der Waals surface area contributed by atoms with E-state index in [1.807, 2.05) is 6.92 Å². The molecule has 21 heavy (non-hydrogen) atoms. The van der Waals surface area contributed by atoms with Crippen LogP contribution in [0.4, 0.5) is 4.79 Å². The summed E-state index contributed by atoms with van der Waals surface area (Å²) in [7, 11) is 0. The maximum Gasteiger partial charge on any atom is 0.326 e. The smallest absolute Gasteiger partial charge is 0.326 e. The van der Waals surface area contributed by atoms with E-state index in [1.165, 1.54) is 6.42 Å². The number of nitrogens with zero attached hydrogens (tertiary/aromatic N) is 2. The van der Waals surface area contributed by atoms with E-state index in [0.29, 0.717) is 18.9 Å². The van der Waals surface area contributed by atoms with Gasteiger partial charge in [0.25, 0.3) is 0 Å². The van der Waals surface area contributed by atoms with Crippen molar-refractivity contribution >= 4 is 12.0 Å². The third-order valence-electron chi connectivity index (χ3n) is 4.81. The first-order chi connectivity index (χ1) is 10.1. The number of fused-ring (bicyclic) bond motifs is 1. The third kappa shape index (κ3) is 3.15. The van der Waals surface area contributed by atoms with Gasteiger partial charge in [-0.15, -0.1) is 6.42 Å². The first-order valence-corrected chi connectivity index (χ1v) is 7.83. The van der Waals surface area contributed by atoms with Gasteiger partial charge in [0.15, 0.2) is 0 Å². The summed E-state index contributed by atoms with van der Waals surface area (Å²) in [6.45, 7) is 2.60. The number of likely N-dealkylation sites (tertiary alicyclic amines) is 1. The highest BCUT2D eigenvalue weighted by Crippen LogP contribution is 2.38. The maximum absolute atomic E-state index is 12.8. The Morgan fingerprint density at radius 2 is 2.00 bits per heavy atom. The number of carboxylic acid groups (broad SMARTS) is 1. The molecule has 1 aliphatic carbocycles. The molecule has 5 nitrogen and oxygen atoms in total. The molecular weight excluding hydrogens is 268 g/mol. The quantitative estimate of drug-likeness (QED) is 0.811. The van der Waals surface area contributed by atoms with Crippen molar-refractivity contribution in [1.29, 1.82) is 0 Å². The molecule has 2 fully saturated rings. The number of carbonyl (C=O) groups excluding carboxylic acids is 1. The Balaban J connectivity index is 2.25. The Labute approximate surface area is 126 Å². The van der Waals surface area contributed by atoms with Gasteiger partial charge in [-0.3, -0.25) is 0 Å². The van der Waals surface area contributed by atoms with Crippen molar-refractivity contribution in [2.45, 2.75) is 57.5 Å². The molecule has 0 spiro atoms. The Morgan fingerprint density at radius 1 is 1.29 bits per heavy atom. The summed E-state index contributed by atoms with van der Waals surface area (Å²) in [5, 5.41) is 9.48. The number of hydrogen-bond acceptors (Lipinski definition) is 2. The summed E-state index contributed by atoms with van der Waals surface area (Å²) in [5.41, 5.74) is 0. The second-order valence-electron chi connectivity index (χ2n) is 5.95. The van der Waals surface area contributed by atoms with Crippen LogP contribution in [0, 0.1) is 18.3 Å². The van der Waals surface area contributed by atoms with Crippen molar-refractivity contribution in [2.75, 3.05) is 13.1 Å². The molecule has 5 heteroatoms. The topological polar surface area (TPSA) is 60.9 Å². The molecule has 1 aliphatic heterocycles. The summed E-state index contributed by atoms with van der Waals surface area (Å²) >= 11 is 0. The van der Waals surface area contributed by atoms with Crippen LogP contribution in [0.15, 0.2) is 0 Å². The van der Waals surface area contributed by atoms with Gasteiger partial charge in [0.2, 0.25) is 0 Å². The van der Waals surface area contributed by atoms with Crippen LogP contribution in [-0.2, 0) is 4.79 Å². The number of terminal acetylenes is 1. The number of carboxylic acids is 1. The summed E-state index contributed by atoms with van der Waals surface area (Å²) in [6, 6.07) is -0.851. The molecule has 3 atom stereocenters. The lowest BCUT2D eigenvalue weighted by Gasteiger charge is -2.48. The molecule has 1 N–H and O–H groups in total. The van der Waals surface area contributed by atoms with Crippen LogP contribution in [0.5, 0.6) is 0 Å². The number of rotatable bonds is 3. The Kier molecular flexibility index (Phi) is 5.11. The average Bonchev–Trinajstić information content (AvgIpc) is 2.50. The SMILES string of the molecule is C#CCN(CC)C(=O)N1C(C(=O)O)CCC2CCCCC21. The van der Waals surface area contributed by atoms with Crippen molar-refractivity contribution in [1.82, 2.24) is 9.80 Å². The molecule has 2 aliphatic rings. The lowest BCUT2D eigenvalue weighted by Crippen LogP contribution is -2.60. The Bertz CT molecular complexity index is 443. The first-order valence-electron chi connectivity index (χ1n) is 7.83. The molecule has 0 radical (unpaired) electrons. The van der Waals surface area contributed by atoms with Crippen molar-refractivity contribution in [2.24, 2.45) is 5.92 Å². The van der Waals surface area contributed by atoms with Gasteiger partial charge < -0.3 is 14.9 Å². The van der Waals surface area contributed by atoms with Crippen LogP contribution in [0.1, 0.15) is 45.4 Å². The average molecular weight is 292 g/mol. The standard InChI is InChI=1S/C16H24N2O3/c1-3-11-17(4-2)16(21)18-13-8-6-5-7-12(13)9-10-14(18)15(19)20/h1,12-14H,4-11H2,2H3,(H,19,20). The minimum atomic E-state index is -0.899. The highest BCUT2D eigenvalue weighted by molar-refractivity contribution is 5.83. The zero-order chi connectivity index (χ0) is 15.4. The number of hydrogen-bond donors (Lipinski definition) is 1. The summed E-state index contributed by atoms with van der Waals surface area (Å²) < 4.78 is 0. The van der Waals surface area contributed by atoms with Crippen LogP contribution >= 0.6 is 0 Å². The summed E-state index contributed by atoms with van der Waals surface area (Å²) in [5.74, 6) is 2.03. The second kappa shape index (κ2) is 6.84. The van der Waals surface area contributed by atoms with E-state index < -0.39 is 12.0 Å². The van der Waals surface area contributed by atoms with Gasteiger partial charge in [0, 0.05) is 12.6 Å². The molecule has 0 aromatic carbocycles. The van der Waals surface area contributed by atoms with Crippen molar-refractivity contribution < 1.29 is 14.7 Å². The van der Waals surface area contributed by atoms with Crippen molar-refractivity contribution in [3.05, 3.63) is 0 Å². The van der Waals surface area contributed by atoms with Gasteiger partial charge in [-0.05, 0) is 38.5 Å². The lowest BCUT2D eigenvalue weighted by molar-refractivity contribution is -0.146. The number of urea groups is 1. The number of aliphatic carboxylic acids is 1. The van der Waals surface area contributed by atoms with Gasteiger partial charge in [-0.1, -0.05) is 18.8 Å². The molecule has 3 unspecified atom stereocenters. The molecule has 2 amide bonds. The van der Waals surface area contributed by atoms with E-state index in [1.54, 1.807) is 9.80 Å². The van der Waals surface area contributed by atoms with Crippen molar-refractivity contribution in [3.8, 4) is 12.3 Å². The molecule has 0 aromatic rings. The third-order valence-corrected chi connectivity index (χ3v) is 4.81. The highest BCUT2D eigenvalue weighted by atomic mass is 16.4. The van der Waals surface area contributed by atoms with E-state index >= 15 is 0 Å². The minimum Gasteiger partial charge on any atom is -0.480 e. The molecular formula is C16H24N2O3. The lowest BCUT2D eigenvalue weighted by atomic mass is 9.76. The minimum absolute atomic E-state index is 0.0629. The van der Waals surface area contributed by atoms with Gasteiger partial charge >= 0.3 is 12.0 Å². The molecule has 0 bridgehead atoms. The molecule has 1 saturated carbocycles. The molecule has 0 aromatic heterocycles. The van der Waals surface area contributed by atoms with E-state index in [2.05, 4.69) is 5.92 Å². The largest absolute Gasteiger partial charge is 0.480 e. The predicted octanol–water partition coefficient (Wildman–Crippen LogP) is 2.17. The normalized spacial score (nSPS) is 28.4. The van der Waals surface area contributed by atoms with E-state index in [4.69, 9.17) is 6.42 Å². The Morgan fingerprint density at radius 3 is 2.62 bits per heavy atom. The fraction of sp³-hybridized carbons (Fsp3) is 0.750. The maximum atomic E-state index is 12.8. The Hall–Kier alpha value is -1.70. The fourth-order valence-electron chi connectivity index (χ4n) is 3.74. The number of amides is 2. The van der Waals surface area contributed by atoms with Crippen LogP contribution in [0.2, 0.25) is 0 Å². The van der Waals surface area contributed by atoms with Gasteiger partial charge in [-0.2, -0.15) is 0 Å². The van der Waals surface area contributed by atoms with Crippen LogP contribution in [-0.4, -0.2) is 52.1 Å². The summed E-state index contributed by atoms with van der Waals surface area (Å²) in [4.78, 5) is 27.5. The van der Waals surface area contributed by atoms with Crippen molar-refractivity contribution in [3.63, 3.8) is 0 Å². The molecule has 1 saturated heterocycles. The monoisotopic (exact) mass is 292 g/mol. The second-order valence-corrected chi connectivity index (χ2v) is 5.95. The zero-order valence-corrected chi connectivity index (χ0v) is 12.6. The first kappa shape index (κ1) is 15.7. The van der Waals surface area contributed by atoms with Crippen LogP contribution in [0.3, 0.4) is 0 Å².